The van der Waals surface area contributed by atoms with Gasteiger partial charge in [0.2, 0.25) is 0 Å². The molecule has 4 nitrogen and oxygen atoms in total. The van der Waals surface area contributed by atoms with Crippen LogP contribution in [-0.2, 0) is 6.18 Å². The van der Waals surface area contributed by atoms with Crippen LogP contribution in [0.1, 0.15) is 41.2 Å². The van der Waals surface area contributed by atoms with Crippen molar-refractivity contribution in [2.24, 2.45) is 11.7 Å². The first-order valence-corrected chi connectivity index (χ1v) is 7.33. The highest BCUT2D eigenvalue weighted by Crippen LogP contribution is 2.32. The van der Waals surface area contributed by atoms with E-state index in [-0.39, 0.29) is 18.3 Å². The topological polar surface area (TPSA) is 68.0 Å². The number of amides is 1. The first-order valence-electron chi connectivity index (χ1n) is 6.45. The zero-order valence-corrected chi connectivity index (χ0v) is 11.6. The van der Waals surface area contributed by atoms with Crippen molar-refractivity contribution in [2.45, 2.75) is 37.9 Å². The molecule has 1 aromatic heterocycles. The van der Waals surface area contributed by atoms with Crippen LogP contribution in [0.2, 0.25) is 0 Å². The molecular weight excluding hydrogens is 291 g/mol. The first-order chi connectivity index (χ1) is 9.41. The van der Waals surface area contributed by atoms with E-state index in [2.05, 4.69) is 10.3 Å². The Bertz CT molecular complexity index is 469. The van der Waals surface area contributed by atoms with Crippen LogP contribution in [-0.4, -0.2) is 23.5 Å². The number of nitrogens with two attached hydrogens (primary N) is 1. The van der Waals surface area contributed by atoms with E-state index >= 15 is 0 Å². The average molecular weight is 307 g/mol. The van der Waals surface area contributed by atoms with Gasteiger partial charge in [0.25, 0.3) is 5.91 Å². The molecule has 1 aliphatic rings. The molecule has 0 saturated heterocycles. The fourth-order valence-corrected chi connectivity index (χ4v) is 3.15. The molecule has 1 aromatic rings. The van der Waals surface area contributed by atoms with E-state index in [0.717, 1.165) is 31.1 Å². The molecule has 0 bridgehead atoms. The zero-order chi connectivity index (χ0) is 14.8. The molecule has 1 saturated carbocycles. The summed E-state index contributed by atoms with van der Waals surface area (Å²) >= 11 is 0.424. The number of alkyl halides is 3. The lowest BCUT2D eigenvalue weighted by molar-refractivity contribution is -0.137. The summed E-state index contributed by atoms with van der Waals surface area (Å²) in [6.45, 7) is 0.284. The number of thiazole rings is 1. The predicted molar refractivity (Wildman–Crippen MR) is 69.4 cm³/mol. The first kappa shape index (κ1) is 15.2. The van der Waals surface area contributed by atoms with Crippen LogP contribution < -0.4 is 11.1 Å². The normalized spacial score (nSPS) is 18.2. The second-order valence-corrected chi connectivity index (χ2v) is 5.75. The Hall–Kier alpha value is -1.15. The van der Waals surface area contributed by atoms with Gasteiger partial charge in [0.15, 0.2) is 5.01 Å². The number of halogens is 3. The van der Waals surface area contributed by atoms with E-state index in [1.54, 1.807) is 0 Å². The van der Waals surface area contributed by atoms with Gasteiger partial charge in [-0.25, -0.2) is 4.98 Å². The maximum absolute atomic E-state index is 12.4. The van der Waals surface area contributed by atoms with Crippen molar-refractivity contribution in [2.75, 3.05) is 6.54 Å². The molecule has 0 aliphatic heterocycles. The second-order valence-electron chi connectivity index (χ2n) is 4.90. The van der Waals surface area contributed by atoms with Gasteiger partial charge in [-0.3, -0.25) is 4.79 Å². The van der Waals surface area contributed by atoms with Gasteiger partial charge in [0, 0.05) is 18.0 Å². The Labute approximate surface area is 118 Å². The SMILES string of the molecule is NC[C@H](NC(=O)c1csc(C(F)(F)F)n1)C1CCCC1. The molecule has 0 radical (unpaired) electrons. The Kier molecular flexibility index (Phi) is 4.64. The molecule has 112 valence electrons. The third-order valence-electron chi connectivity index (χ3n) is 3.52. The number of hydrogen-bond donors (Lipinski definition) is 2. The number of aromatic nitrogens is 1. The van der Waals surface area contributed by atoms with Gasteiger partial charge >= 0.3 is 6.18 Å². The fourth-order valence-electron chi connectivity index (χ4n) is 2.48. The van der Waals surface area contributed by atoms with Gasteiger partial charge < -0.3 is 11.1 Å². The molecule has 1 heterocycles. The van der Waals surface area contributed by atoms with Gasteiger partial charge in [0.05, 0.1) is 0 Å². The summed E-state index contributed by atoms with van der Waals surface area (Å²) in [6, 6.07) is -0.193. The van der Waals surface area contributed by atoms with Crippen molar-refractivity contribution in [3.05, 3.63) is 16.1 Å². The van der Waals surface area contributed by atoms with E-state index in [4.69, 9.17) is 5.73 Å². The molecule has 0 spiro atoms. The van der Waals surface area contributed by atoms with Crippen LogP contribution in [0.15, 0.2) is 5.38 Å². The summed E-state index contributed by atoms with van der Waals surface area (Å²) in [5, 5.41) is 2.82. The highest BCUT2D eigenvalue weighted by Gasteiger charge is 2.35. The highest BCUT2D eigenvalue weighted by atomic mass is 32.1. The molecule has 20 heavy (non-hydrogen) atoms. The Morgan fingerprint density at radius 1 is 1.50 bits per heavy atom. The van der Waals surface area contributed by atoms with Crippen molar-refractivity contribution in [1.82, 2.24) is 10.3 Å². The molecule has 0 aromatic carbocycles. The van der Waals surface area contributed by atoms with Crippen molar-refractivity contribution in [1.29, 1.82) is 0 Å². The van der Waals surface area contributed by atoms with E-state index in [9.17, 15) is 18.0 Å². The fraction of sp³-hybridized carbons (Fsp3) is 0.667. The molecule has 2 rings (SSSR count). The largest absolute Gasteiger partial charge is 0.443 e. The molecule has 0 unspecified atom stereocenters. The molecule has 1 fully saturated rings. The zero-order valence-electron chi connectivity index (χ0n) is 10.7. The lowest BCUT2D eigenvalue weighted by Crippen LogP contribution is -2.44. The van der Waals surface area contributed by atoms with Gasteiger partial charge in [-0.1, -0.05) is 12.8 Å². The van der Waals surface area contributed by atoms with Crippen LogP contribution in [0.5, 0.6) is 0 Å². The number of rotatable bonds is 4. The maximum atomic E-state index is 12.4. The third kappa shape index (κ3) is 3.49. The van der Waals surface area contributed by atoms with E-state index in [0.29, 0.717) is 17.3 Å². The molecule has 1 atom stereocenters. The molecule has 3 N–H and O–H groups in total. The lowest BCUT2D eigenvalue weighted by atomic mass is 9.98. The smallest absolute Gasteiger partial charge is 0.346 e. The summed E-state index contributed by atoms with van der Waals surface area (Å²) in [5.74, 6) is -0.274. The molecule has 8 heteroatoms. The van der Waals surface area contributed by atoms with Gasteiger partial charge in [0.1, 0.15) is 5.69 Å². The van der Waals surface area contributed by atoms with Gasteiger partial charge in [-0.15, -0.1) is 11.3 Å². The van der Waals surface area contributed by atoms with Gasteiger partial charge in [-0.2, -0.15) is 13.2 Å². The highest BCUT2D eigenvalue weighted by molar-refractivity contribution is 7.09. The van der Waals surface area contributed by atoms with E-state index in [1.807, 2.05) is 0 Å². The summed E-state index contributed by atoms with van der Waals surface area (Å²) in [4.78, 5) is 15.3. The lowest BCUT2D eigenvalue weighted by Gasteiger charge is -2.22. The maximum Gasteiger partial charge on any atom is 0.443 e. The summed E-state index contributed by atoms with van der Waals surface area (Å²) < 4.78 is 37.3. The van der Waals surface area contributed by atoms with Crippen LogP contribution >= 0.6 is 11.3 Å². The van der Waals surface area contributed by atoms with Crippen LogP contribution in [0, 0.1) is 5.92 Å². The van der Waals surface area contributed by atoms with Crippen LogP contribution in [0.25, 0.3) is 0 Å². The predicted octanol–water partition coefficient (Wildman–Crippen LogP) is 2.41. The summed E-state index contributed by atoms with van der Waals surface area (Å²) in [5.41, 5.74) is 5.45. The minimum absolute atomic E-state index is 0.193. The van der Waals surface area contributed by atoms with Crippen molar-refractivity contribution < 1.29 is 18.0 Å². The molecule has 1 amide bonds. The number of nitrogens with zero attached hydrogens (tertiary/aromatic N) is 1. The standard InChI is InChI=1S/C12H16F3N3OS/c13-12(14,15)11-18-9(6-20-11)10(19)17-8(5-16)7-3-1-2-4-7/h6-8H,1-5,16H2,(H,17,19)/t8-/m0/s1. The Balaban J connectivity index is 2.01. The number of carbonyl (C=O) groups is 1. The minimum Gasteiger partial charge on any atom is -0.346 e. The number of nitrogens with one attached hydrogen (secondary N) is 1. The quantitative estimate of drug-likeness (QED) is 0.897. The molecule has 1 aliphatic carbocycles. The van der Waals surface area contributed by atoms with E-state index in [1.165, 1.54) is 0 Å². The number of hydrogen-bond acceptors (Lipinski definition) is 4. The monoisotopic (exact) mass is 307 g/mol. The third-order valence-corrected chi connectivity index (χ3v) is 4.41. The van der Waals surface area contributed by atoms with Gasteiger partial charge in [-0.05, 0) is 18.8 Å². The van der Waals surface area contributed by atoms with Crippen LogP contribution in [0.4, 0.5) is 13.2 Å². The van der Waals surface area contributed by atoms with Crippen molar-refractivity contribution in [3.8, 4) is 0 Å². The average Bonchev–Trinajstić information content (AvgIpc) is 3.04. The van der Waals surface area contributed by atoms with Crippen LogP contribution in [0.3, 0.4) is 0 Å². The summed E-state index contributed by atoms with van der Waals surface area (Å²) in [6.07, 6.45) is -0.320. The van der Waals surface area contributed by atoms with Crippen molar-refractivity contribution >= 4 is 17.2 Å². The minimum atomic E-state index is -4.51. The Morgan fingerprint density at radius 2 is 2.15 bits per heavy atom. The number of carbonyl (C=O) groups excluding carboxylic acids is 1. The second kappa shape index (κ2) is 6.09. The van der Waals surface area contributed by atoms with E-state index < -0.39 is 17.1 Å². The summed E-state index contributed by atoms with van der Waals surface area (Å²) in [7, 11) is 0. The Morgan fingerprint density at radius 3 is 2.65 bits per heavy atom. The molecular formula is C12H16F3N3OS. The van der Waals surface area contributed by atoms with Crippen molar-refractivity contribution in [3.63, 3.8) is 0 Å².